The SMILES string of the molecule is NC(N)=N[C@]1(O)C(O)O[C@H](CO)[C@@H](O)[C@@H]1O. The predicted octanol–water partition coefficient (Wildman–Crippen LogP) is -4.62. The van der Waals surface area contributed by atoms with E-state index in [9.17, 15) is 20.4 Å². The van der Waals surface area contributed by atoms with Crippen LogP contribution in [0.2, 0.25) is 0 Å². The van der Waals surface area contributed by atoms with Crippen molar-refractivity contribution in [3.63, 3.8) is 0 Å². The second-order valence-electron chi connectivity index (χ2n) is 3.46. The second kappa shape index (κ2) is 4.49. The van der Waals surface area contributed by atoms with E-state index in [-0.39, 0.29) is 0 Å². The lowest BCUT2D eigenvalue weighted by Gasteiger charge is -2.43. The summed E-state index contributed by atoms with van der Waals surface area (Å²) >= 11 is 0. The van der Waals surface area contributed by atoms with E-state index in [1.165, 1.54) is 0 Å². The number of nitrogens with two attached hydrogens (primary N) is 2. The molecular formula is C7H15N3O6. The van der Waals surface area contributed by atoms with Crippen molar-refractivity contribution in [3.05, 3.63) is 0 Å². The van der Waals surface area contributed by atoms with Crippen LogP contribution in [-0.2, 0) is 4.74 Å². The molecule has 9 heteroatoms. The number of rotatable bonds is 2. The van der Waals surface area contributed by atoms with Gasteiger partial charge in [0.2, 0.25) is 12.0 Å². The van der Waals surface area contributed by atoms with Crippen LogP contribution >= 0.6 is 0 Å². The summed E-state index contributed by atoms with van der Waals surface area (Å²) in [5.74, 6) is -0.598. The summed E-state index contributed by atoms with van der Waals surface area (Å²) in [5, 5.41) is 46.9. The highest BCUT2D eigenvalue weighted by molar-refractivity contribution is 5.76. The molecule has 0 spiro atoms. The molecular weight excluding hydrogens is 222 g/mol. The molecule has 0 aromatic carbocycles. The molecule has 1 saturated heterocycles. The average molecular weight is 237 g/mol. The van der Waals surface area contributed by atoms with Gasteiger partial charge in [0.1, 0.15) is 18.3 Å². The van der Waals surface area contributed by atoms with Gasteiger partial charge in [-0.05, 0) is 0 Å². The molecule has 1 rings (SSSR count). The molecule has 9 nitrogen and oxygen atoms in total. The third-order valence-electron chi connectivity index (χ3n) is 2.30. The summed E-state index contributed by atoms with van der Waals surface area (Å²) in [6.45, 7) is -0.646. The Bertz CT molecular complexity index is 283. The van der Waals surface area contributed by atoms with Crippen molar-refractivity contribution >= 4 is 5.96 Å². The lowest BCUT2D eigenvalue weighted by molar-refractivity contribution is -0.326. The van der Waals surface area contributed by atoms with Crippen LogP contribution in [0.25, 0.3) is 0 Å². The van der Waals surface area contributed by atoms with Gasteiger partial charge in [-0.15, -0.1) is 0 Å². The Labute approximate surface area is 90.6 Å². The average Bonchev–Trinajstić information content (AvgIpc) is 2.20. The van der Waals surface area contributed by atoms with Crippen LogP contribution in [0.5, 0.6) is 0 Å². The Kier molecular flexibility index (Phi) is 3.68. The molecule has 0 radical (unpaired) electrons. The topological polar surface area (TPSA) is 175 Å². The van der Waals surface area contributed by atoms with Crippen LogP contribution in [0.15, 0.2) is 4.99 Å². The van der Waals surface area contributed by atoms with E-state index in [0.717, 1.165) is 0 Å². The molecule has 0 aromatic heterocycles. The van der Waals surface area contributed by atoms with Gasteiger partial charge in [0, 0.05) is 0 Å². The van der Waals surface area contributed by atoms with Gasteiger partial charge < -0.3 is 41.7 Å². The first-order valence-corrected chi connectivity index (χ1v) is 4.46. The lowest BCUT2D eigenvalue weighted by atomic mass is 9.94. The molecule has 1 aliphatic rings. The lowest BCUT2D eigenvalue weighted by Crippen LogP contribution is -2.66. The van der Waals surface area contributed by atoms with Crippen LogP contribution in [-0.4, -0.2) is 68.4 Å². The van der Waals surface area contributed by atoms with Crippen molar-refractivity contribution in [2.45, 2.75) is 30.3 Å². The maximum absolute atomic E-state index is 9.75. The van der Waals surface area contributed by atoms with Gasteiger partial charge in [0.25, 0.3) is 0 Å². The minimum Gasteiger partial charge on any atom is -0.394 e. The summed E-state index contributed by atoms with van der Waals surface area (Å²) in [6, 6.07) is 0. The molecule has 1 unspecified atom stereocenters. The number of hydrogen-bond acceptors (Lipinski definition) is 7. The minimum absolute atomic E-state index is 0.598. The smallest absolute Gasteiger partial charge is 0.239 e. The Morgan fingerprint density at radius 2 is 1.88 bits per heavy atom. The number of aliphatic imine (C=N–C) groups is 1. The van der Waals surface area contributed by atoms with Crippen molar-refractivity contribution in [1.82, 2.24) is 0 Å². The molecule has 94 valence electrons. The van der Waals surface area contributed by atoms with Crippen LogP contribution in [0.4, 0.5) is 0 Å². The van der Waals surface area contributed by atoms with Crippen molar-refractivity contribution in [2.75, 3.05) is 6.61 Å². The van der Waals surface area contributed by atoms with Crippen molar-refractivity contribution < 1.29 is 30.3 Å². The van der Waals surface area contributed by atoms with Crippen LogP contribution in [0.1, 0.15) is 0 Å². The maximum Gasteiger partial charge on any atom is 0.239 e. The van der Waals surface area contributed by atoms with Crippen LogP contribution in [0, 0.1) is 0 Å². The van der Waals surface area contributed by atoms with Crippen LogP contribution in [0.3, 0.4) is 0 Å². The molecule has 1 aliphatic heterocycles. The monoisotopic (exact) mass is 237 g/mol. The highest BCUT2D eigenvalue weighted by Crippen LogP contribution is 2.29. The van der Waals surface area contributed by atoms with E-state index in [1.54, 1.807) is 0 Å². The van der Waals surface area contributed by atoms with Crippen LogP contribution < -0.4 is 11.5 Å². The molecule has 0 aromatic rings. The fourth-order valence-electron chi connectivity index (χ4n) is 1.43. The summed E-state index contributed by atoms with van der Waals surface area (Å²) in [5.41, 5.74) is 7.44. The van der Waals surface area contributed by atoms with Gasteiger partial charge in [-0.3, -0.25) is 0 Å². The summed E-state index contributed by atoms with van der Waals surface area (Å²) in [4.78, 5) is 3.21. The zero-order chi connectivity index (χ0) is 12.5. The molecule has 16 heavy (non-hydrogen) atoms. The molecule has 1 fully saturated rings. The molecule has 0 aliphatic carbocycles. The van der Waals surface area contributed by atoms with Crippen molar-refractivity contribution in [1.29, 1.82) is 0 Å². The molecule has 0 amide bonds. The fraction of sp³-hybridized carbons (Fsp3) is 0.857. The van der Waals surface area contributed by atoms with E-state index >= 15 is 0 Å². The Balaban J connectivity index is 2.99. The maximum atomic E-state index is 9.75. The summed E-state index contributed by atoms with van der Waals surface area (Å²) < 4.78 is 4.66. The Hall–Kier alpha value is -0.970. The summed E-state index contributed by atoms with van der Waals surface area (Å²) in [7, 11) is 0. The molecule has 5 atom stereocenters. The Morgan fingerprint density at radius 3 is 2.31 bits per heavy atom. The van der Waals surface area contributed by atoms with Crippen molar-refractivity contribution in [2.24, 2.45) is 16.5 Å². The first-order chi connectivity index (χ1) is 7.32. The fourth-order valence-corrected chi connectivity index (χ4v) is 1.43. The third-order valence-corrected chi connectivity index (χ3v) is 2.30. The number of ether oxygens (including phenoxy) is 1. The normalized spacial score (nSPS) is 44.1. The first kappa shape index (κ1) is 13.1. The third kappa shape index (κ3) is 2.09. The molecule has 1 heterocycles. The molecule has 0 bridgehead atoms. The van der Waals surface area contributed by atoms with E-state index in [4.69, 9.17) is 16.6 Å². The zero-order valence-electron chi connectivity index (χ0n) is 8.26. The number of hydrogen-bond donors (Lipinski definition) is 7. The van der Waals surface area contributed by atoms with Gasteiger partial charge in [-0.2, -0.15) is 0 Å². The summed E-state index contributed by atoms with van der Waals surface area (Å²) in [6.07, 6.45) is -6.73. The standard InChI is InChI=1S/C7H15N3O6/c8-6(9)10-7(15)4(13)3(12)2(1-11)16-5(7)14/h2-5,11-15H,1H2,(H4,8,9,10)/t2-,3-,4+,5?,7-/m1/s1. The second-order valence-corrected chi connectivity index (χ2v) is 3.46. The van der Waals surface area contributed by atoms with Gasteiger partial charge in [0.15, 0.2) is 5.96 Å². The highest BCUT2D eigenvalue weighted by Gasteiger charge is 2.54. The van der Waals surface area contributed by atoms with Gasteiger partial charge in [-0.1, -0.05) is 0 Å². The van der Waals surface area contributed by atoms with E-state index in [2.05, 4.69) is 9.73 Å². The van der Waals surface area contributed by atoms with E-state index in [0.29, 0.717) is 0 Å². The minimum atomic E-state index is -2.57. The molecule has 9 N–H and O–H groups in total. The first-order valence-electron chi connectivity index (χ1n) is 4.46. The predicted molar refractivity (Wildman–Crippen MR) is 50.7 cm³/mol. The number of aliphatic hydroxyl groups is 5. The van der Waals surface area contributed by atoms with Gasteiger partial charge >= 0.3 is 0 Å². The quantitative estimate of drug-likeness (QED) is 0.185. The number of nitrogens with zero attached hydrogens (tertiary/aromatic N) is 1. The Morgan fingerprint density at radius 1 is 1.31 bits per heavy atom. The number of guanidine groups is 1. The molecule has 0 saturated carbocycles. The van der Waals surface area contributed by atoms with Crippen molar-refractivity contribution in [3.8, 4) is 0 Å². The van der Waals surface area contributed by atoms with E-state index < -0.39 is 42.9 Å². The largest absolute Gasteiger partial charge is 0.394 e. The van der Waals surface area contributed by atoms with E-state index in [1.807, 2.05) is 0 Å². The highest BCUT2D eigenvalue weighted by atomic mass is 16.6. The van der Waals surface area contributed by atoms with Gasteiger partial charge in [0.05, 0.1) is 6.61 Å². The zero-order valence-corrected chi connectivity index (χ0v) is 8.26. The number of aliphatic hydroxyl groups excluding tert-OH is 4. The van der Waals surface area contributed by atoms with Gasteiger partial charge in [-0.25, -0.2) is 4.99 Å².